The molecule has 0 bridgehead atoms. The highest BCUT2D eigenvalue weighted by atomic mass is 35.5. The lowest BCUT2D eigenvalue weighted by atomic mass is 10.2. The molecule has 1 N–H and O–H groups in total. The molecule has 0 spiro atoms. The zero-order chi connectivity index (χ0) is 16.7. The molecule has 1 saturated carbocycles. The molecule has 1 unspecified atom stereocenters. The predicted octanol–water partition coefficient (Wildman–Crippen LogP) is 3.35. The van der Waals surface area contributed by atoms with Crippen molar-refractivity contribution in [1.82, 2.24) is 10.3 Å². The predicted molar refractivity (Wildman–Crippen MR) is 88.0 cm³/mol. The molecule has 126 valence electrons. The third-order valence-corrected chi connectivity index (χ3v) is 4.84. The van der Waals surface area contributed by atoms with E-state index in [0.717, 1.165) is 31.5 Å². The monoisotopic (exact) mass is 349 g/mol. The second-order valence-electron chi connectivity index (χ2n) is 6.34. The maximum Gasteiger partial charge on any atom is 0.273 e. The number of oxazole rings is 1. The van der Waals surface area contributed by atoms with E-state index >= 15 is 0 Å². The van der Waals surface area contributed by atoms with Crippen molar-refractivity contribution in [2.45, 2.75) is 31.2 Å². The van der Waals surface area contributed by atoms with Gasteiger partial charge in [0.15, 0.2) is 12.1 Å². The maximum absolute atomic E-state index is 13.3. The van der Waals surface area contributed by atoms with Gasteiger partial charge in [0, 0.05) is 30.7 Å². The molecular weight excluding hydrogens is 333 g/mol. The summed E-state index contributed by atoms with van der Waals surface area (Å²) in [5, 5.41) is 3.13. The van der Waals surface area contributed by atoms with Crippen LogP contribution in [0.25, 0.3) is 0 Å². The van der Waals surface area contributed by atoms with Gasteiger partial charge in [-0.05, 0) is 37.5 Å². The van der Waals surface area contributed by atoms with Gasteiger partial charge in [-0.15, -0.1) is 0 Å². The molecule has 24 heavy (non-hydrogen) atoms. The van der Waals surface area contributed by atoms with Crippen LogP contribution in [0.1, 0.15) is 41.4 Å². The number of hydrogen-bond acceptors (Lipinski definition) is 4. The Morgan fingerprint density at radius 2 is 2.21 bits per heavy atom. The molecule has 1 aromatic carbocycles. The summed E-state index contributed by atoms with van der Waals surface area (Å²) in [4.78, 5) is 18.6. The number of nitrogens with one attached hydrogen (secondary N) is 1. The lowest BCUT2D eigenvalue weighted by molar-refractivity contribution is 0.0934. The van der Waals surface area contributed by atoms with Crippen LogP contribution < -0.4 is 10.2 Å². The van der Waals surface area contributed by atoms with Crippen molar-refractivity contribution in [2.24, 2.45) is 0 Å². The molecule has 1 saturated heterocycles. The molecule has 1 aromatic heterocycles. The van der Waals surface area contributed by atoms with Gasteiger partial charge in [0.25, 0.3) is 5.91 Å². The Hall–Kier alpha value is -2.08. The van der Waals surface area contributed by atoms with Crippen LogP contribution >= 0.6 is 11.6 Å². The van der Waals surface area contributed by atoms with Crippen molar-refractivity contribution in [1.29, 1.82) is 0 Å². The van der Waals surface area contributed by atoms with Gasteiger partial charge in [-0.2, -0.15) is 0 Å². The van der Waals surface area contributed by atoms with Crippen molar-refractivity contribution in [3.05, 3.63) is 46.9 Å². The molecule has 1 aliphatic carbocycles. The van der Waals surface area contributed by atoms with Gasteiger partial charge in [0.1, 0.15) is 11.6 Å². The molecule has 1 atom stereocenters. The van der Waals surface area contributed by atoms with Crippen molar-refractivity contribution in [2.75, 3.05) is 18.0 Å². The van der Waals surface area contributed by atoms with Gasteiger partial charge in [-0.3, -0.25) is 4.79 Å². The molecule has 4 rings (SSSR count). The number of benzene rings is 1. The van der Waals surface area contributed by atoms with E-state index in [1.807, 2.05) is 0 Å². The molecule has 2 aromatic rings. The minimum absolute atomic E-state index is 0.0186. The van der Waals surface area contributed by atoms with Gasteiger partial charge in [0.2, 0.25) is 0 Å². The Kier molecular flexibility index (Phi) is 3.92. The highest BCUT2D eigenvalue weighted by Gasteiger charge is 2.33. The largest absolute Gasteiger partial charge is 0.447 e. The molecular formula is C17H17ClFN3O2. The summed E-state index contributed by atoms with van der Waals surface area (Å²) in [6.45, 7) is 1.44. The van der Waals surface area contributed by atoms with E-state index < -0.39 is 5.82 Å². The molecule has 2 aliphatic rings. The summed E-state index contributed by atoms with van der Waals surface area (Å²) in [5.41, 5.74) is 1.26. The minimum Gasteiger partial charge on any atom is -0.447 e. The number of halogens is 2. The molecule has 0 radical (unpaired) electrons. The van der Waals surface area contributed by atoms with Gasteiger partial charge in [-0.25, -0.2) is 9.37 Å². The first-order valence-electron chi connectivity index (χ1n) is 8.06. The highest BCUT2D eigenvalue weighted by molar-refractivity contribution is 6.31. The lowest BCUT2D eigenvalue weighted by Gasteiger charge is -2.19. The zero-order valence-corrected chi connectivity index (χ0v) is 13.7. The minimum atomic E-state index is -0.428. The van der Waals surface area contributed by atoms with Crippen LogP contribution in [0.4, 0.5) is 10.1 Å². The number of aromatic nitrogens is 1. The second kappa shape index (κ2) is 6.09. The van der Waals surface area contributed by atoms with E-state index in [4.69, 9.17) is 16.0 Å². The van der Waals surface area contributed by atoms with Crippen LogP contribution in [-0.4, -0.2) is 30.0 Å². The second-order valence-corrected chi connectivity index (χ2v) is 6.75. The molecule has 2 heterocycles. The van der Waals surface area contributed by atoms with E-state index in [0.29, 0.717) is 23.9 Å². The van der Waals surface area contributed by atoms with Crippen LogP contribution in [0.2, 0.25) is 5.02 Å². The van der Waals surface area contributed by atoms with Crippen LogP contribution in [0.3, 0.4) is 0 Å². The molecule has 1 amide bonds. The van der Waals surface area contributed by atoms with Crippen molar-refractivity contribution >= 4 is 23.2 Å². The maximum atomic E-state index is 13.3. The first kappa shape index (κ1) is 15.4. The topological polar surface area (TPSA) is 58.4 Å². The van der Waals surface area contributed by atoms with Crippen molar-refractivity contribution in [3.8, 4) is 0 Å². The first-order valence-corrected chi connectivity index (χ1v) is 8.44. The molecule has 7 heteroatoms. The van der Waals surface area contributed by atoms with E-state index in [-0.39, 0.29) is 17.0 Å². The average Bonchev–Trinajstić information content (AvgIpc) is 3.10. The number of anilines is 1. The van der Waals surface area contributed by atoms with Crippen molar-refractivity contribution < 1.29 is 13.6 Å². The normalized spacial score (nSPS) is 20.4. The standard InChI is InChI=1S/C17H17ClFN3O2/c18-13-7-12(3-4-14(13)19)22-6-5-11(8-22)21-17(23)15-16(10-1-2-10)24-9-20-15/h3-4,7,9-11H,1-2,5-6,8H2,(H,21,23). The summed E-state index contributed by atoms with van der Waals surface area (Å²) in [6.07, 6.45) is 4.26. The fourth-order valence-corrected chi connectivity index (χ4v) is 3.28. The van der Waals surface area contributed by atoms with Gasteiger partial charge in [0.05, 0.1) is 5.02 Å². The van der Waals surface area contributed by atoms with Crippen LogP contribution in [0.5, 0.6) is 0 Å². The number of hydrogen-bond donors (Lipinski definition) is 1. The quantitative estimate of drug-likeness (QED) is 0.919. The van der Waals surface area contributed by atoms with Crippen LogP contribution in [0, 0.1) is 5.82 Å². The number of nitrogens with zero attached hydrogens (tertiary/aromatic N) is 2. The number of carbonyl (C=O) groups is 1. The van der Waals surface area contributed by atoms with E-state index in [2.05, 4.69) is 15.2 Å². The number of rotatable bonds is 4. The van der Waals surface area contributed by atoms with Gasteiger partial charge in [-0.1, -0.05) is 11.6 Å². The summed E-state index contributed by atoms with van der Waals surface area (Å²) in [5.74, 6) is 0.431. The van der Waals surface area contributed by atoms with E-state index in [1.165, 1.54) is 12.5 Å². The smallest absolute Gasteiger partial charge is 0.273 e. The van der Waals surface area contributed by atoms with Crippen molar-refractivity contribution in [3.63, 3.8) is 0 Å². The Bertz CT molecular complexity index is 775. The Morgan fingerprint density at radius 3 is 2.96 bits per heavy atom. The SMILES string of the molecule is O=C(NC1CCN(c2ccc(F)c(Cl)c2)C1)c1ncoc1C1CC1. The average molecular weight is 350 g/mol. The summed E-state index contributed by atoms with van der Waals surface area (Å²) in [6, 6.07) is 4.70. The summed E-state index contributed by atoms with van der Waals surface area (Å²) >= 11 is 5.84. The Balaban J connectivity index is 1.40. The summed E-state index contributed by atoms with van der Waals surface area (Å²) < 4.78 is 18.6. The lowest BCUT2D eigenvalue weighted by Crippen LogP contribution is -2.37. The summed E-state index contributed by atoms with van der Waals surface area (Å²) in [7, 11) is 0. The number of carbonyl (C=O) groups excluding carboxylic acids is 1. The third-order valence-electron chi connectivity index (χ3n) is 4.55. The highest BCUT2D eigenvalue weighted by Crippen LogP contribution is 2.41. The Morgan fingerprint density at radius 1 is 1.38 bits per heavy atom. The Labute approximate surface area is 143 Å². The van der Waals surface area contributed by atoms with Gasteiger partial charge >= 0.3 is 0 Å². The van der Waals surface area contributed by atoms with Gasteiger partial charge < -0.3 is 14.6 Å². The molecule has 2 fully saturated rings. The fourth-order valence-electron chi connectivity index (χ4n) is 3.11. The first-order chi connectivity index (χ1) is 11.6. The molecule has 5 nitrogen and oxygen atoms in total. The zero-order valence-electron chi connectivity index (χ0n) is 13.0. The van der Waals surface area contributed by atoms with Crippen LogP contribution in [0.15, 0.2) is 29.0 Å². The molecule has 1 aliphatic heterocycles. The fraction of sp³-hybridized carbons (Fsp3) is 0.412. The third kappa shape index (κ3) is 2.98. The van der Waals surface area contributed by atoms with Crippen LogP contribution in [-0.2, 0) is 0 Å². The van der Waals surface area contributed by atoms with E-state index in [9.17, 15) is 9.18 Å². The number of amides is 1. The van der Waals surface area contributed by atoms with E-state index in [1.54, 1.807) is 12.1 Å².